The van der Waals surface area contributed by atoms with E-state index in [4.69, 9.17) is 5.73 Å². The third kappa shape index (κ3) is 3.24. The lowest BCUT2D eigenvalue weighted by Gasteiger charge is -2.32. The molecule has 1 aliphatic heterocycles. The van der Waals surface area contributed by atoms with Crippen LogP contribution in [0.3, 0.4) is 0 Å². The topological polar surface area (TPSA) is 93.0 Å². The van der Waals surface area contributed by atoms with E-state index in [-0.39, 0.29) is 10.5 Å². The van der Waals surface area contributed by atoms with E-state index in [0.29, 0.717) is 5.03 Å². The van der Waals surface area contributed by atoms with Crippen LogP contribution in [0.25, 0.3) is 0 Å². The Morgan fingerprint density at radius 3 is 2.32 bits per heavy atom. The monoisotopic (exact) mass is 351 g/mol. The number of thioether (sulfide) groups is 1. The molecule has 126 valence electrons. The van der Waals surface area contributed by atoms with E-state index in [0.717, 1.165) is 16.7 Å². The van der Waals surface area contributed by atoms with Crippen molar-refractivity contribution in [1.82, 2.24) is 0 Å². The minimum Gasteiger partial charge on any atom is -0.393 e. The van der Waals surface area contributed by atoms with Gasteiger partial charge in [0.15, 0.2) is 0 Å². The first-order valence-electron chi connectivity index (χ1n) is 7.84. The average molecular weight is 351 g/mol. The van der Waals surface area contributed by atoms with Crippen LogP contribution in [0, 0.1) is 28.4 Å². The van der Waals surface area contributed by atoms with Crippen LogP contribution in [0.15, 0.2) is 65.2 Å². The second-order valence-electron chi connectivity index (χ2n) is 6.00. The van der Waals surface area contributed by atoms with Gasteiger partial charge in [0.25, 0.3) is 0 Å². The number of benzene rings is 2. The highest BCUT2D eigenvalue weighted by atomic mass is 32.2. The zero-order chi connectivity index (χ0) is 18.0. The number of nitriles is 1. The van der Waals surface area contributed by atoms with Crippen LogP contribution in [0.5, 0.6) is 0 Å². The molecular weight excluding hydrogens is 334 g/mol. The molecule has 1 heterocycles. The molecule has 0 aliphatic carbocycles. The normalized spacial score (nSPS) is 23.1. The van der Waals surface area contributed by atoms with Crippen LogP contribution < -0.4 is 5.73 Å². The van der Waals surface area contributed by atoms with E-state index in [1.807, 2.05) is 61.5 Å². The summed E-state index contributed by atoms with van der Waals surface area (Å²) in [6.45, 7) is 1.95. The molecule has 0 amide bonds. The van der Waals surface area contributed by atoms with E-state index in [2.05, 4.69) is 6.07 Å². The molecule has 2 aromatic rings. The summed E-state index contributed by atoms with van der Waals surface area (Å²) in [5.74, 6) is -0.660. The van der Waals surface area contributed by atoms with E-state index in [9.17, 15) is 15.4 Å². The molecular formula is C19H17N3O2S. The summed E-state index contributed by atoms with van der Waals surface area (Å²) in [6.07, 6.45) is 0. The fourth-order valence-electron chi connectivity index (χ4n) is 3.17. The number of aryl methyl sites for hydroxylation is 1. The summed E-state index contributed by atoms with van der Waals surface area (Å²) in [7, 11) is 0. The van der Waals surface area contributed by atoms with Crippen molar-refractivity contribution >= 4 is 11.8 Å². The maximum absolute atomic E-state index is 12.0. The molecule has 0 bridgehead atoms. The Hall–Kier alpha value is -2.78. The van der Waals surface area contributed by atoms with Crippen molar-refractivity contribution < 1.29 is 4.92 Å². The molecule has 0 saturated heterocycles. The quantitative estimate of drug-likeness (QED) is 0.668. The van der Waals surface area contributed by atoms with Gasteiger partial charge in [0, 0.05) is 4.92 Å². The van der Waals surface area contributed by atoms with Crippen molar-refractivity contribution in [2.24, 2.45) is 5.73 Å². The van der Waals surface area contributed by atoms with Gasteiger partial charge < -0.3 is 5.73 Å². The van der Waals surface area contributed by atoms with Crippen LogP contribution in [0.2, 0.25) is 0 Å². The first-order valence-corrected chi connectivity index (χ1v) is 8.72. The van der Waals surface area contributed by atoms with Crippen molar-refractivity contribution in [3.63, 3.8) is 0 Å². The number of hydrogen-bond acceptors (Lipinski definition) is 5. The molecule has 0 unspecified atom stereocenters. The first-order chi connectivity index (χ1) is 12.0. The fourth-order valence-corrected chi connectivity index (χ4v) is 4.43. The third-order valence-electron chi connectivity index (χ3n) is 4.41. The number of nitrogens with two attached hydrogens (primary N) is 1. The summed E-state index contributed by atoms with van der Waals surface area (Å²) in [6, 6.07) is 17.9. The molecule has 0 spiro atoms. The Kier molecular flexibility index (Phi) is 4.77. The van der Waals surface area contributed by atoms with Gasteiger partial charge in [-0.1, -0.05) is 71.9 Å². The third-order valence-corrected chi connectivity index (χ3v) is 5.69. The lowest BCUT2D eigenvalue weighted by molar-refractivity contribution is -0.525. The van der Waals surface area contributed by atoms with Gasteiger partial charge in [0.2, 0.25) is 6.04 Å². The van der Waals surface area contributed by atoms with Gasteiger partial charge in [0.05, 0.1) is 22.6 Å². The minimum absolute atomic E-state index is 0.279. The van der Waals surface area contributed by atoms with E-state index in [1.54, 1.807) is 0 Å². The van der Waals surface area contributed by atoms with Gasteiger partial charge in [-0.05, 0) is 18.1 Å². The molecule has 0 saturated carbocycles. The van der Waals surface area contributed by atoms with Gasteiger partial charge in [-0.3, -0.25) is 10.1 Å². The predicted octanol–water partition coefficient (Wildman–Crippen LogP) is 3.91. The molecule has 0 fully saturated rings. The van der Waals surface area contributed by atoms with Gasteiger partial charge in [-0.15, -0.1) is 0 Å². The van der Waals surface area contributed by atoms with Gasteiger partial charge in [0.1, 0.15) is 5.25 Å². The Morgan fingerprint density at radius 1 is 1.12 bits per heavy atom. The van der Waals surface area contributed by atoms with Crippen molar-refractivity contribution in [2.45, 2.75) is 24.1 Å². The molecule has 25 heavy (non-hydrogen) atoms. The summed E-state index contributed by atoms with van der Waals surface area (Å²) >= 11 is 1.20. The Balaban J connectivity index is 2.17. The number of nitrogens with zero attached hydrogens (tertiary/aromatic N) is 2. The van der Waals surface area contributed by atoms with Gasteiger partial charge >= 0.3 is 0 Å². The largest absolute Gasteiger partial charge is 0.393 e. The molecule has 5 nitrogen and oxygen atoms in total. The van der Waals surface area contributed by atoms with Crippen LogP contribution in [0.1, 0.15) is 27.9 Å². The van der Waals surface area contributed by atoms with Crippen molar-refractivity contribution in [1.29, 1.82) is 5.26 Å². The molecule has 3 rings (SSSR count). The van der Waals surface area contributed by atoms with Crippen molar-refractivity contribution in [3.8, 4) is 6.07 Å². The first kappa shape index (κ1) is 17.1. The average Bonchev–Trinajstić information content (AvgIpc) is 2.62. The molecule has 0 radical (unpaired) electrons. The Bertz CT molecular complexity index is 856. The van der Waals surface area contributed by atoms with Crippen molar-refractivity contribution in [3.05, 3.63) is 92.0 Å². The second kappa shape index (κ2) is 6.99. The molecule has 3 atom stereocenters. The fraction of sp³-hybridized carbons (Fsp3) is 0.211. The number of rotatable bonds is 3. The highest BCUT2D eigenvalue weighted by Gasteiger charge is 2.48. The van der Waals surface area contributed by atoms with Gasteiger partial charge in [-0.2, -0.15) is 5.26 Å². The van der Waals surface area contributed by atoms with Crippen molar-refractivity contribution in [2.75, 3.05) is 0 Å². The SMILES string of the molecule is Cc1ccc([C@@H]2C(C#N)=C(N)S[C@H](c3ccccc3)[C@@H]2[N+](=O)[O-])cc1. The standard InChI is InChI=1S/C19H17N3O2S/c1-12-7-9-13(10-8-12)16-15(11-20)19(21)25-18(17(16)22(23)24)14-5-3-2-4-6-14/h2-10,16-18H,21H2,1H3/t16-,17-,18-/m1/s1. The Labute approximate surface area is 150 Å². The molecule has 0 aromatic heterocycles. The molecule has 2 N–H and O–H groups in total. The minimum atomic E-state index is -0.961. The second-order valence-corrected chi connectivity index (χ2v) is 7.19. The molecule has 1 aliphatic rings. The van der Waals surface area contributed by atoms with Crippen LogP contribution >= 0.6 is 11.8 Å². The zero-order valence-electron chi connectivity index (χ0n) is 13.6. The van der Waals surface area contributed by atoms with Crippen LogP contribution in [-0.2, 0) is 0 Å². The van der Waals surface area contributed by atoms with Crippen LogP contribution in [-0.4, -0.2) is 11.0 Å². The van der Waals surface area contributed by atoms with E-state index < -0.39 is 17.2 Å². The Morgan fingerprint density at radius 2 is 1.76 bits per heavy atom. The lowest BCUT2D eigenvalue weighted by atomic mass is 9.82. The van der Waals surface area contributed by atoms with Gasteiger partial charge in [-0.25, -0.2) is 0 Å². The number of hydrogen-bond donors (Lipinski definition) is 1. The maximum atomic E-state index is 12.0. The summed E-state index contributed by atoms with van der Waals surface area (Å²) in [5, 5.41) is 21.5. The molecule has 2 aromatic carbocycles. The summed E-state index contributed by atoms with van der Waals surface area (Å²) in [4.78, 5) is 11.7. The summed E-state index contributed by atoms with van der Waals surface area (Å²) < 4.78 is 0. The highest BCUT2D eigenvalue weighted by Crippen LogP contribution is 2.50. The predicted molar refractivity (Wildman–Crippen MR) is 98.3 cm³/mol. The smallest absolute Gasteiger partial charge is 0.240 e. The maximum Gasteiger partial charge on any atom is 0.240 e. The van der Waals surface area contributed by atoms with E-state index in [1.165, 1.54) is 11.8 Å². The van der Waals surface area contributed by atoms with E-state index >= 15 is 0 Å². The highest BCUT2D eigenvalue weighted by molar-refractivity contribution is 8.03. The zero-order valence-corrected chi connectivity index (χ0v) is 14.4. The lowest BCUT2D eigenvalue weighted by Crippen LogP contribution is -2.37. The van der Waals surface area contributed by atoms with Crippen LogP contribution in [0.4, 0.5) is 0 Å². The number of nitro groups is 1. The summed E-state index contributed by atoms with van der Waals surface area (Å²) in [5.41, 5.74) is 9.05. The molecule has 6 heteroatoms.